The molecule has 2 aromatic heterocycles. The highest BCUT2D eigenvalue weighted by Gasteiger charge is 2.18. The van der Waals surface area contributed by atoms with Crippen molar-refractivity contribution >= 4 is 29.7 Å². The summed E-state index contributed by atoms with van der Waals surface area (Å²) in [5, 5.41) is 5.46. The van der Waals surface area contributed by atoms with Gasteiger partial charge < -0.3 is 11.1 Å². The fraction of sp³-hybridized carbons (Fsp3) is 0.385. The molecule has 1 saturated heterocycles. The lowest BCUT2D eigenvalue weighted by Gasteiger charge is -2.22. The fourth-order valence-electron chi connectivity index (χ4n) is 2.35. The van der Waals surface area contributed by atoms with E-state index in [0.29, 0.717) is 11.9 Å². The summed E-state index contributed by atoms with van der Waals surface area (Å²) in [4.78, 5) is 9.87. The zero-order chi connectivity index (χ0) is 12.4. The van der Waals surface area contributed by atoms with E-state index >= 15 is 0 Å². The topological polar surface area (TPSA) is 63.8 Å². The first kappa shape index (κ1) is 14.2. The molecule has 0 amide bonds. The van der Waals surface area contributed by atoms with Crippen LogP contribution in [0.5, 0.6) is 0 Å². The van der Waals surface area contributed by atoms with Crippen molar-refractivity contribution in [2.24, 2.45) is 0 Å². The zero-order valence-corrected chi connectivity index (χ0v) is 12.1. The lowest BCUT2D eigenvalue weighted by molar-refractivity contribution is 0.454. The molecular weight excluding hydrogens is 280 g/mol. The Bertz CT molecular complexity index is 523. The molecule has 1 unspecified atom stereocenters. The molecular formula is C13H17ClN4S. The van der Waals surface area contributed by atoms with Gasteiger partial charge in [0, 0.05) is 12.5 Å². The Morgan fingerprint density at radius 3 is 2.95 bits per heavy atom. The third-order valence-electron chi connectivity index (χ3n) is 3.25. The molecule has 1 fully saturated rings. The van der Waals surface area contributed by atoms with Crippen molar-refractivity contribution < 1.29 is 0 Å². The number of aromatic nitrogens is 2. The van der Waals surface area contributed by atoms with Gasteiger partial charge in [-0.1, -0.05) is 6.07 Å². The molecule has 0 saturated carbocycles. The van der Waals surface area contributed by atoms with Crippen LogP contribution in [0.1, 0.15) is 24.5 Å². The highest BCUT2D eigenvalue weighted by atomic mass is 35.5. The number of hydrogen-bond acceptors (Lipinski definition) is 5. The number of nitrogens with one attached hydrogen (secondary N) is 1. The van der Waals surface area contributed by atoms with Gasteiger partial charge in [0.2, 0.25) is 5.95 Å². The molecule has 0 aliphatic carbocycles. The van der Waals surface area contributed by atoms with Crippen molar-refractivity contribution in [1.29, 1.82) is 0 Å². The summed E-state index contributed by atoms with van der Waals surface area (Å²) in [5.74, 6) is 0.837. The normalized spacial score (nSPS) is 18.8. The molecule has 2 aromatic rings. The summed E-state index contributed by atoms with van der Waals surface area (Å²) in [5.41, 5.74) is 7.84. The van der Waals surface area contributed by atoms with E-state index in [1.165, 1.54) is 12.8 Å². The molecule has 0 spiro atoms. The van der Waals surface area contributed by atoms with Crippen LogP contribution in [0.2, 0.25) is 0 Å². The third-order valence-corrected chi connectivity index (χ3v) is 4.14. The van der Waals surface area contributed by atoms with Gasteiger partial charge in [0.1, 0.15) is 0 Å². The fourth-order valence-corrected chi connectivity index (χ4v) is 3.04. The Kier molecular flexibility index (Phi) is 4.74. The lowest BCUT2D eigenvalue weighted by Crippen LogP contribution is -2.29. The number of halogens is 1. The summed E-state index contributed by atoms with van der Waals surface area (Å²) in [7, 11) is 0. The maximum Gasteiger partial charge on any atom is 0.220 e. The molecule has 1 aliphatic heterocycles. The molecule has 1 atom stereocenters. The van der Waals surface area contributed by atoms with Crippen molar-refractivity contribution in [1.82, 2.24) is 15.3 Å². The smallest absolute Gasteiger partial charge is 0.220 e. The average molecular weight is 297 g/mol. The Morgan fingerprint density at radius 2 is 2.26 bits per heavy atom. The minimum absolute atomic E-state index is 0. The molecule has 19 heavy (non-hydrogen) atoms. The van der Waals surface area contributed by atoms with Crippen LogP contribution in [-0.4, -0.2) is 23.1 Å². The van der Waals surface area contributed by atoms with Crippen LogP contribution in [0, 0.1) is 0 Å². The largest absolute Gasteiger partial charge is 0.368 e. The summed E-state index contributed by atoms with van der Waals surface area (Å²) < 4.78 is 0. The van der Waals surface area contributed by atoms with Crippen LogP contribution in [-0.2, 0) is 0 Å². The van der Waals surface area contributed by atoms with Crippen LogP contribution >= 0.6 is 23.7 Å². The standard InChI is InChI=1S/C13H16N4S.ClH/c14-13-16-10(9-3-1-5-15-8-9)7-11(17-13)12-4-2-6-18-12;/h2,4,6-7,9,15H,1,3,5,8H2,(H2,14,16,17);1H. The summed E-state index contributed by atoms with van der Waals surface area (Å²) in [6.45, 7) is 2.09. The molecule has 0 radical (unpaired) electrons. The van der Waals surface area contributed by atoms with E-state index in [1.54, 1.807) is 11.3 Å². The first-order valence-corrected chi connectivity index (χ1v) is 7.10. The Morgan fingerprint density at radius 1 is 1.37 bits per heavy atom. The van der Waals surface area contributed by atoms with Crippen LogP contribution < -0.4 is 11.1 Å². The predicted molar refractivity (Wildman–Crippen MR) is 81.9 cm³/mol. The second-order valence-corrected chi connectivity index (χ2v) is 5.50. The molecule has 0 aromatic carbocycles. The van der Waals surface area contributed by atoms with Crippen LogP contribution in [0.3, 0.4) is 0 Å². The first-order chi connectivity index (χ1) is 8.83. The maximum absolute atomic E-state index is 5.83. The number of thiophene rings is 1. The number of nitrogens with zero attached hydrogens (tertiary/aromatic N) is 2. The SMILES string of the molecule is Cl.Nc1nc(-c2cccs2)cc(C2CCCNC2)n1. The van der Waals surface area contributed by atoms with E-state index < -0.39 is 0 Å². The second-order valence-electron chi connectivity index (χ2n) is 4.56. The van der Waals surface area contributed by atoms with Gasteiger partial charge in [0.15, 0.2) is 0 Å². The van der Waals surface area contributed by atoms with Gasteiger partial charge in [0.05, 0.1) is 16.3 Å². The maximum atomic E-state index is 5.83. The van der Waals surface area contributed by atoms with Gasteiger partial charge in [-0.3, -0.25) is 0 Å². The van der Waals surface area contributed by atoms with Crippen LogP contribution in [0.15, 0.2) is 23.6 Å². The van der Waals surface area contributed by atoms with Crippen molar-refractivity contribution in [2.45, 2.75) is 18.8 Å². The minimum atomic E-state index is 0. The van der Waals surface area contributed by atoms with Crippen LogP contribution in [0.25, 0.3) is 10.6 Å². The van der Waals surface area contributed by atoms with Gasteiger partial charge in [-0.15, -0.1) is 23.7 Å². The van der Waals surface area contributed by atoms with Gasteiger partial charge in [-0.2, -0.15) is 0 Å². The quantitative estimate of drug-likeness (QED) is 0.894. The Hall–Kier alpha value is -1.17. The molecule has 3 rings (SSSR count). The third kappa shape index (κ3) is 3.23. The number of nitrogen functional groups attached to an aromatic ring is 1. The van der Waals surface area contributed by atoms with E-state index in [4.69, 9.17) is 5.73 Å². The van der Waals surface area contributed by atoms with E-state index in [-0.39, 0.29) is 12.4 Å². The lowest BCUT2D eigenvalue weighted by atomic mass is 9.95. The molecule has 1 aliphatic rings. The van der Waals surface area contributed by atoms with E-state index in [2.05, 4.69) is 32.8 Å². The number of rotatable bonds is 2. The highest BCUT2D eigenvalue weighted by molar-refractivity contribution is 7.13. The molecule has 3 N–H and O–H groups in total. The molecule has 6 heteroatoms. The molecule has 3 heterocycles. The van der Waals surface area contributed by atoms with Gasteiger partial charge in [-0.25, -0.2) is 9.97 Å². The number of piperidine rings is 1. The average Bonchev–Trinajstić information content (AvgIpc) is 2.93. The van der Waals surface area contributed by atoms with Gasteiger partial charge in [-0.05, 0) is 36.9 Å². The number of nitrogens with two attached hydrogens (primary N) is 1. The summed E-state index contributed by atoms with van der Waals surface area (Å²) in [6.07, 6.45) is 2.37. The first-order valence-electron chi connectivity index (χ1n) is 6.22. The molecule has 102 valence electrons. The zero-order valence-electron chi connectivity index (χ0n) is 10.5. The monoisotopic (exact) mass is 296 g/mol. The minimum Gasteiger partial charge on any atom is -0.368 e. The van der Waals surface area contributed by atoms with E-state index in [0.717, 1.165) is 29.4 Å². The van der Waals surface area contributed by atoms with E-state index in [1.807, 2.05) is 6.07 Å². The van der Waals surface area contributed by atoms with Crippen molar-refractivity contribution in [3.8, 4) is 10.6 Å². The Labute approximate surface area is 122 Å². The number of hydrogen-bond donors (Lipinski definition) is 2. The van der Waals surface area contributed by atoms with E-state index in [9.17, 15) is 0 Å². The van der Waals surface area contributed by atoms with Crippen LogP contribution in [0.4, 0.5) is 5.95 Å². The van der Waals surface area contributed by atoms with Crippen molar-refractivity contribution in [2.75, 3.05) is 18.8 Å². The number of anilines is 1. The second kappa shape index (κ2) is 6.32. The Balaban J connectivity index is 0.00000133. The summed E-state index contributed by atoms with van der Waals surface area (Å²) >= 11 is 1.68. The van der Waals surface area contributed by atoms with Gasteiger partial charge >= 0.3 is 0 Å². The van der Waals surface area contributed by atoms with Gasteiger partial charge in [0.25, 0.3) is 0 Å². The molecule has 0 bridgehead atoms. The van der Waals surface area contributed by atoms with Crippen molar-refractivity contribution in [3.63, 3.8) is 0 Å². The highest BCUT2D eigenvalue weighted by Crippen LogP contribution is 2.28. The predicted octanol–water partition coefficient (Wildman–Crippen LogP) is 2.68. The van der Waals surface area contributed by atoms with Crippen molar-refractivity contribution in [3.05, 3.63) is 29.3 Å². The summed E-state index contributed by atoms with van der Waals surface area (Å²) in [6, 6.07) is 6.18. The molecule has 4 nitrogen and oxygen atoms in total.